The molecule has 9 aliphatic rings. The molecule has 9 rings (SSSR count). The fraction of sp³-hybridized carbons (Fsp3) is 0.877. The van der Waals surface area contributed by atoms with E-state index >= 15 is 0 Å². The Hall–Kier alpha value is -2.67. The number of ether oxygens (including phenoxy) is 13. The highest BCUT2D eigenvalue weighted by Gasteiger charge is 2.91. The SMILES string of the molecule is C/C=C(\C)C(=O)O[C@@H]1[C@@H](OC(=O)/C(C)=C/C)[C@]2(C)[C@@H](C(C)=O)CC[C@@]23O[C@]32CC[C@H]3C[C@@H](O[C@H]4C[C@@H](OC)[C@H](O[C@@H]5O[C@H](C)[C@@H](O[C@@H]6O[C@H](CO)[C@@H](O[C@@H]7O[C@H](CO)[C@@H](O)[C@H](O)[C@H]7O)[C@H](O)[C@H]6O)[C@@H](OC)[C@H]5O)[C@@H](C)O4)CC[C@]3(C)[C@@H]12. The van der Waals surface area contributed by atoms with Gasteiger partial charge in [0.25, 0.3) is 0 Å². The minimum absolute atomic E-state index is 0.0173. The van der Waals surface area contributed by atoms with E-state index in [9.17, 15) is 55.2 Å². The maximum absolute atomic E-state index is 14.0. The summed E-state index contributed by atoms with van der Waals surface area (Å²) in [6, 6.07) is 0. The van der Waals surface area contributed by atoms with Crippen LogP contribution in [-0.2, 0) is 76.0 Å². The minimum atomic E-state index is -1.86. The van der Waals surface area contributed by atoms with Crippen LogP contribution in [-0.4, -0.2) is 232 Å². The van der Waals surface area contributed by atoms with Crippen LogP contribution in [0.5, 0.6) is 0 Å². The number of methoxy groups -OCH3 is 2. The predicted molar refractivity (Wildman–Crippen MR) is 277 cm³/mol. The number of epoxide rings is 1. The molecule has 5 heterocycles. The van der Waals surface area contributed by atoms with Crippen molar-refractivity contribution in [2.24, 2.45) is 28.6 Å². The molecule has 24 heteroatoms. The molecule has 4 aliphatic carbocycles. The van der Waals surface area contributed by atoms with Crippen LogP contribution < -0.4 is 0 Å². The molecular formula is C57H88O24. The summed E-state index contributed by atoms with van der Waals surface area (Å²) in [6.45, 7) is 14.6. The van der Waals surface area contributed by atoms with E-state index in [1.807, 2.05) is 13.8 Å². The topological polar surface area (TPSA) is 336 Å². The first-order valence-corrected chi connectivity index (χ1v) is 28.8. The third kappa shape index (κ3) is 10.6. The molecule has 29 atom stereocenters. The van der Waals surface area contributed by atoms with Gasteiger partial charge in [0, 0.05) is 49.0 Å². The Morgan fingerprint density at radius 3 is 1.80 bits per heavy atom. The lowest BCUT2D eigenvalue weighted by Crippen LogP contribution is -2.70. The predicted octanol–water partition coefficient (Wildman–Crippen LogP) is 0.536. The Balaban J connectivity index is 0.847. The molecule has 5 aliphatic heterocycles. The van der Waals surface area contributed by atoms with E-state index in [4.69, 9.17) is 61.6 Å². The number of allylic oxidation sites excluding steroid dienone is 2. The van der Waals surface area contributed by atoms with Gasteiger partial charge in [0.15, 0.2) is 25.2 Å². The van der Waals surface area contributed by atoms with Gasteiger partial charge in [-0.2, -0.15) is 0 Å². The molecular weight excluding hydrogens is 1070 g/mol. The molecule has 2 spiro atoms. The molecule has 9 fully saturated rings. The van der Waals surface area contributed by atoms with Crippen LogP contribution in [0, 0.1) is 28.6 Å². The summed E-state index contributed by atoms with van der Waals surface area (Å²) >= 11 is 0. The fourth-order valence-electron chi connectivity index (χ4n) is 15.8. The summed E-state index contributed by atoms with van der Waals surface area (Å²) in [7, 11) is 2.88. The second kappa shape index (κ2) is 24.2. The first-order valence-electron chi connectivity index (χ1n) is 28.8. The van der Waals surface area contributed by atoms with Crippen molar-refractivity contribution < 1.29 is 117 Å². The maximum Gasteiger partial charge on any atom is 0.333 e. The zero-order chi connectivity index (χ0) is 59.0. The quantitative estimate of drug-likeness (QED) is 0.0426. The molecule has 0 aromatic heterocycles. The highest BCUT2D eigenvalue weighted by molar-refractivity contribution is 5.89. The summed E-state index contributed by atoms with van der Waals surface area (Å²) < 4.78 is 81.3. The van der Waals surface area contributed by atoms with Gasteiger partial charge in [0.2, 0.25) is 0 Å². The van der Waals surface area contributed by atoms with Crippen LogP contribution in [0.2, 0.25) is 0 Å². The summed E-state index contributed by atoms with van der Waals surface area (Å²) in [5.74, 6) is -1.84. The number of carbonyl (C=O) groups is 3. The average molecular weight is 1160 g/mol. The van der Waals surface area contributed by atoms with E-state index in [-0.39, 0.29) is 30.1 Å². The molecule has 5 saturated heterocycles. The van der Waals surface area contributed by atoms with Crippen LogP contribution in [0.25, 0.3) is 0 Å². The number of hydrogen-bond donors (Lipinski definition) is 8. The lowest BCUT2D eigenvalue weighted by molar-refractivity contribution is -0.384. The number of hydrogen-bond acceptors (Lipinski definition) is 24. The number of esters is 2. The van der Waals surface area contributed by atoms with Crippen molar-refractivity contribution in [2.75, 3.05) is 27.4 Å². The van der Waals surface area contributed by atoms with E-state index in [0.717, 1.165) is 6.42 Å². The van der Waals surface area contributed by atoms with Gasteiger partial charge in [-0.1, -0.05) is 26.0 Å². The highest BCUT2D eigenvalue weighted by Crippen LogP contribution is 2.81. The van der Waals surface area contributed by atoms with Gasteiger partial charge >= 0.3 is 11.9 Å². The normalized spacial score (nSPS) is 50.8. The smallest absolute Gasteiger partial charge is 0.333 e. The molecule has 0 unspecified atom stereocenters. The monoisotopic (exact) mass is 1160 g/mol. The average Bonchev–Trinajstić information content (AvgIpc) is 1.47. The van der Waals surface area contributed by atoms with Gasteiger partial charge in [-0.15, -0.1) is 0 Å². The van der Waals surface area contributed by atoms with Crippen molar-refractivity contribution in [3.63, 3.8) is 0 Å². The van der Waals surface area contributed by atoms with E-state index in [1.165, 1.54) is 7.11 Å². The lowest BCUT2D eigenvalue weighted by atomic mass is 9.43. The largest absolute Gasteiger partial charge is 0.455 e. The second-order valence-corrected chi connectivity index (χ2v) is 24.6. The summed E-state index contributed by atoms with van der Waals surface area (Å²) in [4.78, 5) is 41.5. The molecule has 0 aromatic rings. The maximum atomic E-state index is 14.0. The Labute approximate surface area is 472 Å². The molecule has 4 saturated carbocycles. The van der Waals surface area contributed by atoms with Crippen LogP contribution in [0.4, 0.5) is 0 Å². The Kier molecular flexibility index (Phi) is 18.8. The number of rotatable bonds is 17. The lowest BCUT2D eigenvalue weighted by Gasteiger charge is -2.61. The number of Topliss-reactive ketones (excluding diaryl/α,β-unsaturated/α-hetero) is 1. The Morgan fingerprint density at radius 1 is 0.593 bits per heavy atom. The zero-order valence-corrected chi connectivity index (χ0v) is 48.3. The van der Waals surface area contributed by atoms with Crippen molar-refractivity contribution in [1.82, 2.24) is 0 Å². The van der Waals surface area contributed by atoms with Gasteiger partial charge in [0.05, 0.1) is 37.6 Å². The van der Waals surface area contributed by atoms with Crippen molar-refractivity contribution in [3.05, 3.63) is 23.3 Å². The van der Waals surface area contributed by atoms with Crippen LogP contribution in [0.15, 0.2) is 23.3 Å². The summed E-state index contributed by atoms with van der Waals surface area (Å²) in [5, 5.41) is 85.2. The first kappa shape index (κ1) is 62.8. The van der Waals surface area contributed by atoms with Crippen LogP contribution in [0.3, 0.4) is 0 Å². The number of carbonyl (C=O) groups excluding carboxylic acids is 3. The van der Waals surface area contributed by atoms with E-state index < -0.39 is 182 Å². The molecule has 8 N–H and O–H groups in total. The van der Waals surface area contributed by atoms with E-state index in [2.05, 4.69) is 6.92 Å². The number of aliphatic hydroxyl groups excluding tert-OH is 8. The third-order valence-corrected chi connectivity index (χ3v) is 20.5. The Morgan fingerprint density at radius 2 is 1.19 bits per heavy atom. The number of ketones is 1. The van der Waals surface area contributed by atoms with Gasteiger partial charge in [0.1, 0.15) is 102 Å². The van der Waals surface area contributed by atoms with Gasteiger partial charge < -0.3 is 102 Å². The van der Waals surface area contributed by atoms with Crippen molar-refractivity contribution >= 4 is 17.7 Å². The molecule has 24 nitrogen and oxygen atoms in total. The van der Waals surface area contributed by atoms with Gasteiger partial charge in [-0.05, 0) is 105 Å². The zero-order valence-electron chi connectivity index (χ0n) is 48.3. The van der Waals surface area contributed by atoms with Gasteiger partial charge in [-0.3, -0.25) is 4.79 Å². The van der Waals surface area contributed by atoms with Crippen LogP contribution in [0.1, 0.15) is 114 Å². The standard InChI is InChI=1S/C57H88O24/c1-12-24(3)49(67)76-46-47-54(8)17-15-30(20-29(54)14-18-56(47)57(81-56)19-16-31(26(5)60)55(57,9)48(46)80-50(68)25(4)13-2)73-35-21-32(69-10)42(27(6)71-35)77-53-41(66)45(70-11)43(28(7)72-53)78-52-40(65)38(63)44(34(23-59)75-52)79-51-39(64)37(62)36(61)33(22-58)74-51/h12-13,27-48,51-53,58-59,61-66H,14-23H2,1-11H3/b24-12+,25-13+/t27-,28-,29+,30+,31-,32-,33-,34-,35+,36-,37+,38-,39-,40-,41-,42-,43-,44-,45+,46+,47-,48-,51+,52+,53+,54+,55+,56+,57-/m1/s1. The fourth-order valence-corrected chi connectivity index (χ4v) is 15.8. The van der Waals surface area contributed by atoms with Crippen LogP contribution >= 0.6 is 0 Å². The number of aliphatic hydroxyl groups is 8. The summed E-state index contributed by atoms with van der Waals surface area (Å²) in [5.41, 5.74) is -2.08. The first-order chi connectivity index (χ1) is 38.3. The van der Waals surface area contributed by atoms with Gasteiger partial charge in [-0.25, -0.2) is 9.59 Å². The number of fused-ring (bicyclic) bond motifs is 2. The molecule has 460 valence electrons. The van der Waals surface area contributed by atoms with E-state index in [1.54, 1.807) is 60.8 Å². The minimum Gasteiger partial charge on any atom is -0.455 e. The summed E-state index contributed by atoms with van der Waals surface area (Å²) in [6.07, 6.45) is -19.4. The van der Waals surface area contributed by atoms with Crippen molar-refractivity contribution in [1.29, 1.82) is 0 Å². The van der Waals surface area contributed by atoms with E-state index in [0.29, 0.717) is 49.7 Å². The molecule has 81 heavy (non-hydrogen) atoms. The molecule has 0 aromatic carbocycles. The second-order valence-electron chi connectivity index (χ2n) is 24.6. The van der Waals surface area contributed by atoms with Crippen molar-refractivity contribution in [2.45, 2.75) is 260 Å². The highest BCUT2D eigenvalue weighted by atomic mass is 16.8. The molecule has 0 radical (unpaired) electrons. The third-order valence-electron chi connectivity index (χ3n) is 20.5. The molecule has 0 amide bonds. The Bertz CT molecular complexity index is 2320. The molecule has 0 bridgehead atoms. The van der Waals surface area contributed by atoms with Crippen molar-refractivity contribution in [3.8, 4) is 0 Å².